The summed E-state index contributed by atoms with van der Waals surface area (Å²) in [5.74, 6) is 0.942. The van der Waals surface area contributed by atoms with Crippen molar-refractivity contribution in [2.75, 3.05) is 6.54 Å². The molecule has 0 aromatic carbocycles. The van der Waals surface area contributed by atoms with Crippen molar-refractivity contribution in [3.05, 3.63) is 12.2 Å². The van der Waals surface area contributed by atoms with Gasteiger partial charge < -0.3 is 10.3 Å². The van der Waals surface area contributed by atoms with Crippen molar-refractivity contribution in [3.8, 4) is 0 Å². The number of aryl methyl sites for hydroxylation is 1. The Labute approximate surface area is 86.7 Å². The van der Waals surface area contributed by atoms with E-state index in [2.05, 4.69) is 10.2 Å². The van der Waals surface area contributed by atoms with Gasteiger partial charge in [0.25, 0.3) is 0 Å². The monoisotopic (exact) mass is 286 g/mol. The molecule has 0 unspecified atom stereocenters. The molecule has 0 radical (unpaired) electrons. The highest BCUT2D eigenvalue weighted by Gasteiger charge is 1.95. The number of nitrogens with zero attached hydrogens (tertiary/aromatic N) is 3. The molecule has 0 amide bonds. The maximum atomic E-state index is 5.31. The van der Waals surface area contributed by atoms with Gasteiger partial charge in [-0.3, -0.25) is 0 Å². The zero-order valence-corrected chi connectivity index (χ0v) is 9.65. The summed E-state index contributed by atoms with van der Waals surface area (Å²) in [6.45, 7) is 0.631. The standard InChI is InChI=1S/C5H10N4.2BrH/c1-9-4-7-8-5(9)2-3-6;;/h4H,2-3,6H2,1H3;2*1H. The fraction of sp³-hybridized carbons (Fsp3) is 0.600. The van der Waals surface area contributed by atoms with E-state index < -0.39 is 0 Å². The van der Waals surface area contributed by atoms with Gasteiger partial charge in [0.1, 0.15) is 12.2 Å². The van der Waals surface area contributed by atoms with Crippen molar-refractivity contribution < 1.29 is 0 Å². The van der Waals surface area contributed by atoms with Gasteiger partial charge in [0.15, 0.2) is 0 Å². The number of aromatic nitrogens is 3. The predicted molar refractivity (Wildman–Crippen MR) is 54.4 cm³/mol. The summed E-state index contributed by atoms with van der Waals surface area (Å²) in [6, 6.07) is 0. The fourth-order valence-corrected chi connectivity index (χ4v) is 0.663. The lowest BCUT2D eigenvalue weighted by atomic mass is 10.4. The van der Waals surface area contributed by atoms with Crippen molar-refractivity contribution >= 4 is 34.0 Å². The Kier molecular flexibility index (Phi) is 8.37. The van der Waals surface area contributed by atoms with Gasteiger partial charge in [-0.2, -0.15) is 0 Å². The number of nitrogens with two attached hydrogens (primary N) is 1. The number of hydrogen-bond acceptors (Lipinski definition) is 3. The summed E-state index contributed by atoms with van der Waals surface area (Å²) in [5.41, 5.74) is 5.31. The molecule has 6 heteroatoms. The van der Waals surface area contributed by atoms with E-state index in [1.54, 1.807) is 6.33 Å². The summed E-state index contributed by atoms with van der Waals surface area (Å²) in [7, 11) is 1.91. The highest BCUT2D eigenvalue weighted by Crippen LogP contribution is 1.89. The third kappa shape index (κ3) is 3.83. The van der Waals surface area contributed by atoms with E-state index in [1.165, 1.54) is 0 Å². The summed E-state index contributed by atoms with van der Waals surface area (Å²) in [5, 5.41) is 7.54. The zero-order valence-electron chi connectivity index (χ0n) is 6.23. The predicted octanol–water partition coefficient (Wildman–Crippen LogP) is 0.472. The van der Waals surface area contributed by atoms with Crippen LogP contribution < -0.4 is 5.73 Å². The minimum atomic E-state index is 0. The Bertz CT molecular complexity index is 188. The molecule has 1 aromatic rings. The highest BCUT2D eigenvalue weighted by atomic mass is 79.9. The second-order valence-corrected chi connectivity index (χ2v) is 1.90. The molecule has 0 fully saturated rings. The van der Waals surface area contributed by atoms with E-state index in [-0.39, 0.29) is 34.0 Å². The van der Waals surface area contributed by atoms with E-state index >= 15 is 0 Å². The van der Waals surface area contributed by atoms with Crippen LogP contribution in [0, 0.1) is 0 Å². The minimum Gasteiger partial charge on any atom is -0.330 e. The first-order chi connectivity index (χ1) is 4.34. The van der Waals surface area contributed by atoms with Gasteiger partial charge in [-0.15, -0.1) is 44.2 Å². The van der Waals surface area contributed by atoms with Crippen LogP contribution in [-0.4, -0.2) is 21.3 Å². The van der Waals surface area contributed by atoms with Crippen LogP contribution in [0.3, 0.4) is 0 Å². The van der Waals surface area contributed by atoms with E-state index in [9.17, 15) is 0 Å². The number of rotatable bonds is 2. The first-order valence-corrected chi connectivity index (χ1v) is 2.87. The van der Waals surface area contributed by atoms with Crippen LogP contribution >= 0.6 is 34.0 Å². The van der Waals surface area contributed by atoms with Crippen molar-refractivity contribution in [1.29, 1.82) is 0 Å². The summed E-state index contributed by atoms with van der Waals surface area (Å²) in [6.07, 6.45) is 2.47. The van der Waals surface area contributed by atoms with Gasteiger partial charge in [-0.25, -0.2) is 0 Å². The second kappa shape index (κ2) is 6.75. The topological polar surface area (TPSA) is 56.7 Å². The molecule has 0 aliphatic carbocycles. The van der Waals surface area contributed by atoms with Crippen LogP contribution in [0.15, 0.2) is 6.33 Å². The maximum absolute atomic E-state index is 5.31. The maximum Gasteiger partial charge on any atom is 0.133 e. The highest BCUT2D eigenvalue weighted by molar-refractivity contribution is 8.93. The Morgan fingerprint density at radius 2 is 2.18 bits per heavy atom. The van der Waals surface area contributed by atoms with Crippen LogP contribution in [0.5, 0.6) is 0 Å². The van der Waals surface area contributed by atoms with Crippen molar-refractivity contribution in [2.45, 2.75) is 6.42 Å². The quantitative estimate of drug-likeness (QED) is 0.860. The molecule has 1 heterocycles. The number of hydrogen-bond donors (Lipinski definition) is 1. The molecule has 11 heavy (non-hydrogen) atoms. The van der Waals surface area contributed by atoms with Crippen LogP contribution in [0.2, 0.25) is 0 Å². The lowest BCUT2D eigenvalue weighted by Gasteiger charge is -1.93. The number of halogens is 2. The first-order valence-electron chi connectivity index (χ1n) is 2.87. The van der Waals surface area contributed by atoms with E-state index in [1.807, 2.05) is 11.6 Å². The molecule has 0 atom stereocenters. The normalized spacial score (nSPS) is 8.18. The van der Waals surface area contributed by atoms with Gasteiger partial charge in [-0.1, -0.05) is 0 Å². The Balaban J connectivity index is 0. The molecule has 66 valence electrons. The molecule has 0 saturated carbocycles. The Hall–Kier alpha value is 0.0600. The van der Waals surface area contributed by atoms with Crippen LogP contribution in [0.4, 0.5) is 0 Å². The minimum absolute atomic E-state index is 0. The third-order valence-electron chi connectivity index (χ3n) is 1.17. The molecule has 1 rings (SSSR count). The molecule has 2 N–H and O–H groups in total. The summed E-state index contributed by atoms with van der Waals surface area (Å²) in [4.78, 5) is 0. The Morgan fingerprint density at radius 3 is 2.55 bits per heavy atom. The van der Waals surface area contributed by atoms with Crippen molar-refractivity contribution in [2.24, 2.45) is 12.8 Å². The van der Waals surface area contributed by atoms with Gasteiger partial charge in [0.2, 0.25) is 0 Å². The summed E-state index contributed by atoms with van der Waals surface area (Å²) >= 11 is 0. The van der Waals surface area contributed by atoms with E-state index in [4.69, 9.17) is 5.73 Å². The lowest BCUT2D eigenvalue weighted by Crippen LogP contribution is -2.07. The van der Waals surface area contributed by atoms with Crippen molar-refractivity contribution in [3.63, 3.8) is 0 Å². The van der Waals surface area contributed by atoms with Crippen LogP contribution in [0.25, 0.3) is 0 Å². The molecule has 1 aromatic heterocycles. The largest absolute Gasteiger partial charge is 0.330 e. The molecular formula is C5H12Br2N4. The van der Waals surface area contributed by atoms with E-state index in [0.717, 1.165) is 12.2 Å². The summed E-state index contributed by atoms with van der Waals surface area (Å²) < 4.78 is 1.87. The average molecular weight is 288 g/mol. The van der Waals surface area contributed by atoms with Crippen molar-refractivity contribution in [1.82, 2.24) is 14.8 Å². The zero-order chi connectivity index (χ0) is 6.69. The third-order valence-corrected chi connectivity index (χ3v) is 1.17. The van der Waals surface area contributed by atoms with Crippen LogP contribution in [-0.2, 0) is 13.5 Å². The molecule has 0 spiro atoms. The fourth-order valence-electron chi connectivity index (χ4n) is 0.663. The van der Waals surface area contributed by atoms with Crippen LogP contribution in [0.1, 0.15) is 5.82 Å². The molecule has 0 saturated heterocycles. The van der Waals surface area contributed by atoms with Gasteiger partial charge >= 0.3 is 0 Å². The van der Waals surface area contributed by atoms with Gasteiger partial charge in [0, 0.05) is 13.5 Å². The van der Waals surface area contributed by atoms with Gasteiger partial charge in [0.05, 0.1) is 0 Å². The Morgan fingerprint density at radius 1 is 1.55 bits per heavy atom. The second-order valence-electron chi connectivity index (χ2n) is 1.90. The smallest absolute Gasteiger partial charge is 0.133 e. The average Bonchev–Trinajstić information content (AvgIpc) is 2.18. The lowest BCUT2D eigenvalue weighted by molar-refractivity contribution is 0.776. The first kappa shape index (κ1) is 13.6. The van der Waals surface area contributed by atoms with Gasteiger partial charge in [-0.05, 0) is 6.54 Å². The van der Waals surface area contributed by atoms with E-state index in [0.29, 0.717) is 6.54 Å². The SMILES string of the molecule is Br.Br.Cn1cnnc1CCN. The molecule has 0 aliphatic heterocycles. The molecule has 0 aliphatic rings. The molecule has 4 nitrogen and oxygen atoms in total. The molecule has 0 bridgehead atoms. The molecular weight excluding hydrogens is 276 g/mol.